The number of rotatable bonds is 7. The van der Waals surface area contributed by atoms with Gasteiger partial charge in [-0.05, 0) is 19.9 Å². The molecular formula is C17H17F4NO3. The molecule has 2 rings (SSSR count). The number of benzene rings is 1. The van der Waals surface area contributed by atoms with Gasteiger partial charge in [-0.15, -0.1) is 0 Å². The summed E-state index contributed by atoms with van der Waals surface area (Å²) in [4.78, 5) is 12.3. The van der Waals surface area contributed by atoms with E-state index >= 15 is 0 Å². The molecule has 2 aromatic rings. The highest BCUT2D eigenvalue weighted by molar-refractivity contribution is 5.98. The van der Waals surface area contributed by atoms with E-state index in [1.165, 1.54) is 0 Å². The minimum absolute atomic E-state index is 0.0722. The Kier molecular flexibility index (Phi) is 5.84. The molecule has 0 aliphatic heterocycles. The van der Waals surface area contributed by atoms with Gasteiger partial charge in [0.15, 0.2) is 24.0 Å². The Morgan fingerprint density at radius 1 is 1.08 bits per heavy atom. The summed E-state index contributed by atoms with van der Waals surface area (Å²) >= 11 is 0. The minimum Gasteiger partial charge on any atom is -0.479 e. The van der Waals surface area contributed by atoms with Gasteiger partial charge in [0.1, 0.15) is 0 Å². The summed E-state index contributed by atoms with van der Waals surface area (Å²) in [6.07, 6.45) is 0. The van der Waals surface area contributed by atoms with E-state index in [0.29, 0.717) is 24.4 Å². The summed E-state index contributed by atoms with van der Waals surface area (Å²) in [6, 6.07) is 1.68. The summed E-state index contributed by atoms with van der Waals surface area (Å²) < 4.78 is 64.9. The number of aromatic nitrogens is 1. The Hall–Kier alpha value is -2.35. The number of hydrogen-bond acceptors (Lipinski definition) is 3. The Morgan fingerprint density at radius 3 is 2.24 bits per heavy atom. The van der Waals surface area contributed by atoms with Crippen LogP contribution in [0.15, 0.2) is 12.1 Å². The third kappa shape index (κ3) is 3.84. The van der Waals surface area contributed by atoms with Crippen LogP contribution < -0.4 is 4.74 Å². The topological polar surface area (TPSA) is 40.5 Å². The highest BCUT2D eigenvalue weighted by Gasteiger charge is 2.23. The van der Waals surface area contributed by atoms with E-state index in [1.54, 1.807) is 27.0 Å². The van der Waals surface area contributed by atoms with E-state index in [4.69, 9.17) is 9.47 Å². The van der Waals surface area contributed by atoms with Crippen molar-refractivity contribution in [2.45, 2.75) is 20.4 Å². The Bertz CT molecular complexity index is 776. The van der Waals surface area contributed by atoms with Crippen molar-refractivity contribution in [1.82, 2.24) is 4.57 Å². The molecule has 25 heavy (non-hydrogen) atoms. The normalized spacial score (nSPS) is 11.0. The first-order chi connectivity index (χ1) is 11.8. The number of halogens is 4. The summed E-state index contributed by atoms with van der Waals surface area (Å²) in [5, 5.41) is 0. The molecular weight excluding hydrogens is 342 g/mol. The van der Waals surface area contributed by atoms with Gasteiger partial charge in [-0.25, -0.2) is 8.78 Å². The van der Waals surface area contributed by atoms with Gasteiger partial charge in [0, 0.05) is 36.7 Å². The predicted molar refractivity (Wildman–Crippen MR) is 81.9 cm³/mol. The Balaban J connectivity index is 2.19. The van der Waals surface area contributed by atoms with Crippen LogP contribution in [0.1, 0.15) is 21.7 Å². The van der Waals surface area contributed by atoms with Gasteiger partial charge in [0.25, 0.3) is 0 Å². The van der Waals surface area contributed by atoms with Gasteiger partial charge in [0.2, 0.25) is 17.4 Å². The molecule has 0 atom stereocenters. The van der Waals surface area contributed by atoms with Crippen molar-refractivity contribution in [2.75, 3.05) is 20.3 Å². The number of methoxy groups -OCH3 is 1. The van der Waals surface area contributed by atoms with Gasteiger partial charge in [-0.2, -0.15) is 8.78 Å². The van der Waals surface area contributed by atoms with E-state index in [9.17, 15) is 22.4 Å². The van der Waals surface area contributed by atoms with Crippen molar-refractivity contribution in [3.8, 4) is 5.75 Å². The molecule has 0 aliphatic rings. The second-order valence-electron chi connectivity index (χ2n) is 5.44. The number of carbonyl (C=O) groups is 1. The molecule has 0 fully saturated rings. The van der Waals surface area contributed by atoms with Gasteiger partial charge >= 0.3 is 0 Å². The predicted octanol–water partition coefficient (Wildman–Crippen LogP) is 3.57. The van der Waals surface area contributed by atoms with Crippen molar-refractivity contribution in [2.24, 2.45) is 0 Å². The molecule has 1 aromatic carbocycles. The van der Waals surface area contributed by atoms with Crippen molar-refractivity contribution in [3.63, 3.8) is 0 Å². The molecule has 0 spiro atoms. The molecule has 0 radical (unpaired) electrons. The van der Waals surface area contributed by atoms with Crippen LogP contribution >= 0.6 is 0 Å². The number of Topliss-reactive ketones (excluding diaryl/α,β-unsaturated/α-hetero) is 1. The molecule has 0 bridgehead atoms. The maximum absolute atomic E-state index is 13.5. The zero-order valence-electron chi connectivity index (χ0n) is 14.0. The largest absolute Gasteiger partial charge is 0.479 e. The molecule has 0 aliphatic carbocycles. The number of ether oxygens (including phenoxy) is 2. The summed E-state index contributed by atoms with van der Waals surface area (Å²) in [6.45, 7) is 3.71. The molecule has 136 valence electrons. The third-order valence-electron chi connectivity index (χ3n) is 3.81. The second-order valence-corrected chi connectivity index (χ2v) is 5.44. The zero-order valence-corrected chi connectivity index (χ0v) is 14.0. The fourth-order valence-electron chi connectivity index (χ4n) is 2.50. The van der Waals surface area contributed by atoms with Crippen LogP contribution in [0.3, 0.4) is 0 Å². The summed E-state index contributed by atoms with van der Waals surface area (Å²) in [5.41, 5.74) is 1.73. The molecule has 1 heterocycles. The highest BCUT2D eigenvalue weighted by Crippen LogP contribution is 2.26. The molecule has 0 unspecified atom stereocenters. The lowest BCUT2D eigenvalue weighted by molar-refractivity contribution is 0.0912. The monoisotopic (exact) mass is 359 g/mol. The number of carbonyl (C=O) groups excluding carboxylic acids is 1. The van der Waals surface area contributed by atoms with Gasteiger partial charge in [0.05, 0.1) is 6.61 Å². The van der Waals surface area contributed by atoms with Crippen LogP contribution in [0.4, 0.5) is 17.6 Å². The quantitative estimate of drug-likeness (QED) is 0.431. The molecule has 0 amide bonds. The number of aryl methyl sites for hydroxylation is 1. The lowest BCUT2D eigenvalue weighted by Crippen LogP contribution is -2.15. The second kappa shape index (κ2) is 7.69. The lowest BCUT2D eigenvalue weighted by Gasteiger charge is -2.10. The van der Waals surface area contributed by atoms with Crippen LogP contribution in [0.5, 0.6) is 5.75 Å². The average Bonchev–Trinajstić information content (AvgIpc) is 2.85. The van der Waals surface area contributed by atoms with E-state index < -0.39 is 41.4 Å². The summed E-state index contributed by atoms with van der Waals surface area (Å²) in [5.74, 6) is -8.38. The molecule has 0 saturated heterocycles. The molecule has 1 aromatic heterocycles. The van der Waals surface area contributed by atoms with Crippen molar-refractivity contribution in [3.05, 3.63) is 52.4 Å². The van der Waals surface area contributed by atoms with E-state index in [0.717, 1.165) is 5.69 Å². The first kappa shape index (κ1) is 19.0. The van der Waals surface area contributed by atoms with E-state index in [2.05, 4.69) is 0 Å². The maximum atomic E-state index is 13.5. The number of ketones is 1. The number of nitrogens with zero attached hydrogens (tertiary/aromatic N) is 1. The number of hydrogen-bond donors (Lipinski definition) is 0. The van der Waals surface area contributed by atoms with E-state index in [1.807, 2.05) is 4.57 Å². The first-order valence-corrected chi connectivity index (χ1v) is 7.42. The molecule has 0 saturated carbocycles. The van der Waals surface area contributed by atoms with Gasteiger partial charge < -0.3 is 14.0 Å². The Labute approximate surface area is 142 Å². The highest BCUT2D eigenvalue weighted by atomic mass is 19.2. The van der Waals surface area contributed by atoms with Crippen LogP contribution in [0, 0.1) is 37.1 Å². The maximum Gasteiger partial charge on any atom is 0.203 e. The van der Waals surface area contributed by atoms with Crippen LogP contribution in [-0.4, -0.2) is 30.7 Å². The van der Waals surface area contributed by atoms with Gasteiger partial charge in [-0.1, -0.05) is 0 Å². The third-order valence-corrected chi connectivity index (χ3v) is 3.81. The molecule has 0 N–H and O–H groups in total. The van der Waals surface area contributed by atoms with Crippen LogP contribution in [0.25, 0.3) is 0 Å². The first-order valence-electron chi connectivity index (χ1n) is 7.42. The average molecular weight is 359 g/mol. The van der Waals surface area contributed by atoms with Crippen molar-refractivity contribution in [1.29, 1.82) is 0 Å². The standard InChI is InChI=1S/C17H17F4NO3/c1-9-6-11(10(2)22(9)4-5-24-3)14(23)8-25-17-15(20)12(18)7-13(19)16(17)21/h6-7H,4-5,8H2,1-3H3. The zero-order chi connectivity index (χ0) is 18.7. The minimum atomic E-state index is -1.68. The van der Waals surface area contributed by atoms with Crippen LogP contribution in [-0.2, 0) is 11.3 Å². The molecule has 4 nitrogen and oxygen atoms in total. The van der Waals surface area contributed by atoms with Crippen molar-refractivity contribution < 1.29 is 31.8 Å². The van der Waals surface area contributed by atoms with Crippen molar-refractivity contribution >= 4 is 5.78 Å². The van der Waals surface area contributed by atoms with Crippen LogP contribution in [0.2, 0.25) is 0 Å². The smallest absolute Gasteiger partial charge is 0.203 e. The Morgan fingerprint density at radius 2 is 1.68 bits per heavy atom. The fourth-order valence-corrected chi connectivity index (χ4v) is 2.50. The van der Waals surface area contributed by atoms with E-state index in [-0.39, 0.29) is 6.07 Å². The molecule has 8 heteroatoms. The summed E-state index contributed by atoms with van der Waals surface area (Å²) in [7, 11) is 1.55. The fraction of sp³-hybridized carbons (Fsp3) is 0.353. The SMILES string of the molecule is COCCn1c(C)cc(C(=O)COc2c(F)c(F)cc(F)c2F)c1C. The lowest BCUT2D eigenvalue weighted by atomic mass is 10.1. The van der Waals surface area contributed by atoms with Gasteiger partial charge in [-0.3, -0.25) is 4.79 Å².